The molecule has 0 radical (unpaired) electrons. The van der Waals surface area contributed by atoms with Crippen molar-refractivity contribution in [2.75, 3.05) is 5.73 Å². The van der Waals surface area contributed by atoms with E-state index >= 15 is 0 Å². The van der Waals surface area contributed by atoms with Crippen LogP contribution in [0, 0.1) is 6.92 Å². The fourth-order valence-corrected chi connectivity index (χ4v) is 1.41. The first-order chi connectivity index (χ1) is 6.24. The van der Waals surface area contributed by atoms with Gasteiger partial charge in [0.05, 0.1) is 0 Å². The second-order valence-corrected chi connectivity index (χ2v) is 3.51. The molecule has 13 heavy (non-hydrogen) atoms. The Morgan fingerprint density at radius 1 is 1.38 bits per heavy atom. The molecule has 0 aliphatic heterocycles. The van der Waals surface area contributed by atoms with E-state index in [2.05, 4.69) is 24.9 Å². The quantitative estimate of drug-likeness (QED) is 0.720. The molecular formula is C11H18N2. The molecule has 1 heterocycles. The smallest absolute Gasteiger partial charge is 0.126 e. The average Bonchev–Trinajstić information content (AvgIpc) is 2.11. The minimum Gasteiger partial charge on any atom is -0.383 e. The van der Waals surface area contributed by atoms with Crippen molar-refractivity contribution in [2.24, 2.45) is 0 Å². The van der Waals surface area contributed by atoms with Crippen LogP contribution in [0.25, 0.3) is 0 Å². The van der Waals surface area contributed by atoms with Gasteiger partial charge in [-0.05, 0) is 30.9 Å². The summed E-state index contributed by atoms with van der Waals surface area (Å²) >= 11 is 0. The number of aryl methyl sites for hydroxylation is 2. The summed E-state index contributed by atoms with van der Waals surface area (Å²) in [6.45, 7) is 4.26. The van der Waals surface area contributed by atoms with Crippen molar-refractivity contribution in [1.29, 1.82) is 0 Å². The first-order valence-electron chi connectivity index (χ1n) is 4.95. The number of unbranched alkanes of at least 4 members (excludes halogenated alkanes) is 2. The Morgan fingerprint density at radius 3 is 2.85 bits per heavy atom. The molecule has 0 aliphatic rings. The molecule has 0 atom stereocenters. The lowest BCUT2D eigenvalue weighted by Gasteiger charge is -2.04. The molecular weight excluding hydrogens is 160 g/mol. The van der Waals surface area contributed by atoms with Gasteiger partial charge in [-0.15, -0.1) is 0 Å². The van der Waals surface area contributed by atoms with E-state index in [-0.39, 0.29) is 0 Å². The summed E-state index contributed by atoms with van der Waals surface area (Å²) in [6, 6.07) is 2.14. The van der Waals surface area contributed by atoms with Gasteiger partial charge in [0.2, 0.25) is 0 Å². The minimum atomic E-state index is 0.696. The lowest BCUT2D eigenvalue weighted by molar-refractivity contribution is 0.717. The Hall–Kier alpha value is -1.05. The summed E-state index contributed by atoms with van der Waals surface area (Å²) in [5, 5.41) is 0. The Kier molecular flexibility index (Phi) is 3.74. The maximum Gasteiger partial charge on any atom is 0.126 e. The van der Waals surface area contributed by atoms with Crippen LogP contribution in [0.3, 0.4) is 0 Å². The molecule has 0 saturated heterocycles. The van der Waals surface area contributed by atoms with Gasteiger partial charge < -0.3 is 5.73 Å². The zero-order chi connectivity index (χ0) is 9.68. The van der Waals surface area contributed by atoms with Gasteiger partial charge in [-0.1, -0.05) is 25.8 Å². The fourth-order valence-electron chi connectivity index (χ4n) is 1.41. The fraction of sp³-hybridized carbons (Fsp3) is 0.545. The SMILES string of the molecule is CCCCCc1cc(C)cnc1N. The highest BCUT2D eigenvalue weighted by atomic mass is 14.8. The van der Waals surface area contributed by atoms with E-state index < -0.39 is 0 Å². The van der Waals surface area contributed by atoms with Crippen LogP contribution in [-0.2, 0) is 6.42 Å². The normalized spacial score (nSPS) is 10.3. The number of anilines is 1. The van der Waals surface area contributed by atoms with Crippen molar-refractivity contribution in [3.05, 3.63) is 23.4 Å². The van der Waals surface area contributed by atoms with Crippen LogP contribution in [0.4, 0.5) is 5.82 Å². The molecule has 72 valence electrons. The van der Waals surface area contributed by atoms with Crippen LogP contribution < -0.4 is 5.73 Å². The van der Waals surface area contributed by atoms with Crippen LogP contribution in [0.2, 0.25) is 0 Å². The molecule has 0 bridgehead atoms. The van der Waals surface area contributed by atoms with E-state index in [9.17, 15) is 0 Å². The molecule has 1 aromatic heterocycles. The van der Waals surface area contributed by atoms with Gasteiger partial charge >= 0.3 is 0 Å². The van der Waals surface area contributed by atoms with Crippen LogP contribution in [0.1, 0.15) is 37.3 Å². The largest absolute Gasteiger partial charge is 0.383 e. The molecule has 0 spiro atoms. The van der Waals surface area contributed by atoms with Crippen molar-refractivity contribution >= 4 is 5.82 Å². The second kappa shape index (κ2) is 4.85. The standard InChI is InChI=1S/C11H18N2/c1-3-4-5-6-10-7-9(2)8-13-11(10)12/h7-8H,3-6H2,1-2H3,(H2,12,13). The maximum atomic E-state index is 5.76. The predicted molar refractivity (Wildman–Crippen MR) is 56.6 cm³/mol. The molecule has 0 fully saturated rings. The van der Waals surface area contributed by atoms with Crippen LogP contribution in [0.15, 0.2) is 12.3 Å². The van der Waals surface area contributed by atoms with Gasteiger partial charge in [-0.2, -0.15) is 0 Å². The number of nitrogen functional groups attached to an aromatic ring is 1. The molecule has 0 aromatic carbocycles. The van der Waals surface area contributed by atoms with E-state index in [0.717, 1.165) is 6.42 Å². The molecule has 2 heteroatoms. The molecule has 0 saturated carbocycles. The van der Waals surface area contributed by atoms with Crippen molar-refractivity contribution in [3.63, 3.8) is 0 Å². The van der Waals surface area contributed by atoms with Crippen molar-refractivity contribution in [3.8, 4) is 0 Å². The lowest BCUT2D eigenvalue weighted by atomic mass is 10.1. The van der Waals surface area contributed by atoms with Gasteiger partial charge in [-0.3, -0.25) is 0 Å². The summed E-state index contributed by atoms with van der Waals surface area (Å²) in [4.78, 5) is 4.14. The Labute approximate surface area is 80.2 Å². The van der Waals surface area contributed by atoms with E-state index in [1.54, 1.807) is 0 Å². The number of pyridine rings is 1. The molecule has 0 unspecified atom stereocenters. The molecule has 0 aliphatic carbocycles. The summed E-state index contributed by atoms with van der Waals surface area (Å²) < 4.78 is 0. The third-order valence-electron chi connectivity index (χ3n) is 2.19. The molecule has 2 nitrogen and oxygen atoms in total. The summed E-state index contributed by atoms with van der Waals surface area (Å²) in [6.07, 6.45) is 6.62. The van der Waals surface area contributed by atoms with Gasteiger partial charge in [0.25, 0.3) is 0 Å². The number of nitrogens with two attached hydrogens (primary N) is 1. The third-order valence-corrected chi connectivity index (χ3v) is 2.19. The molecule has 0 amide bonds. The van der Waals surface area contributed by atoms with E-state index in [0.29, 0.717) is 5.82 Å². The minimum absolute atomic E-state index is 0.696. The number of hydrogen-bond acceptors (Lipinski definition) is 2. The van der Waals surface area contributed by atoms with Crippen molar-refractivity contribution in [2.45, 2.75) is 39.5 Å². The van der Waals surface area contributed by atoms with Gasteiger partial charge in [0.15, 0.2) is 0 Å². The van der Waals surface area contributed by atoms with Gasteiger partial charge in [0.1, 0.15) is 5.82 Å². The Bertz CT molecular complexity index is 269. The first-order valence-corrected chi connectivity index (χ1v) is 4.95. The highest BCUT2D eigenvalue weighted by Gasteiger charge is 1.99. The van der Waals surface area contributed by atoms with E-state index in [1.807, 2.05) is 6.20 Å². The topological polar surface area (TPSA) is 38.9 Å². The molecule has 1 aromatic rings. The maximum absolute atomic E-state index is 5.76. The second-order valence-electron chi connectivity index (χ2n) is 3.51. The zero-order valence-corrected chi connectivity index (χ0v) is 8.51. The predicted octanol–water partition coefficient (Wildman–Crippen LogP) is 2.70. The lowest BCUT2D eigenvalue weighted by Crippen LogP contribution is -1.98. The van der Waals surface area contributed by atoms with Crippen molar-refractivity contribution < 1.29 is 0 Å². The highest BCUT2D eigenvalue weighted by Crippen LogP contribution is 2.13. The highest BCUT2D eigenvalue weighted by molar-refractivity contribution is 5.40. The first kappa shape index (κ1) is 10.0. The number of aromatic nitrogens is 1. The van der Waals surface area contributed by atoms with Gasteiger partial charge in [-0.25, -0.2) is 4.98 Å². The number of nitrogens with zero attached hydrogens (tertiary/aromatic N) is 1. The molecule has 2 N–H and O–H groups in total. The summed E-state index contributed by atoms with van der Waals surface area (Å²) in [7, 11) is 0. The van der Waals surface area contributed by atoms with Crippen molar-refractivity contribution in [1.82, 2.24) is 4.98 Å². The zero-order valence-electron chi connectivity index (χ0n) is 8.51. The Morgan fingerprint density at radius 2 is 2.15 bits per heavy atom. The third kappa shape index (κ3) is 3.05. The Balaban J connectivity index is 2.59. The van der Waals surface area contributed by atoms with Gasteiger partial charge in [0, 0.05) is 6.20 Å². The monoisotopic (exact) mass is 178 g/mol. The number of rotatable bonds is 4. The average molecular weight is 178 g/mol. The number of hydrogen-bond donors (Lipinski definition) is 1. The van der Waals surface area contributed by atoms with Crippen LogP contribution in [-0.4, -0.2) is 4.98 Å². The van der Waals surface area contributed by atoms with Crippen LogP contribution >= 0.6 is 0 Å². The summed E-state index contributed by atoms with van der Waals surface area (Å²) in [5.41, 5.74) is 8.16. The van der Waals surface area contributed by atoms with E-state index in [1.165, 1.54) is 30.4 Å². The molecule has 1 rings (SSSR count). The van der Waals surface area contributed by atoms with E-state index in [4.69, 9.17) is 5.73 Å². The van der Waals surface area contributed by atoms with Crippen LogP contribution in [0.5, 0.6) is 0 Å². The summed E-state index contributed by atoms with van der Waals surface area (Å²) in [5.74, 6) is 0.696.